The van der Waals surface area contributed by atoms with Gasteiger partial charge in [0.2, 0.25) is 5.91 Å². The summed E-state index contributed by atoms with van der Waals surface area (Å²) in [7, 11) is 0. The largest absolute Gasteiger partial charge is 0.382 e. The van der Waals surface area contributed by atoms with E-state index in [9.17, 15) is 9.18 Å². The topological polar surface area (TPSA) is 32.3 Å². The molecule has 98 valence electrons. The third-order valence-electron chi connectivity index (χ3n) is 3.23. The number of piperidine rings is 1. The van der Waals surface area contributed by atoms with E-state index in [1.165, 1.54) is 6.07 Å². The molecule has 0 atom stereocenters. The van der Waals surface area contributed by atoms with Crippen molar-refractivity contribution in [2.45, 2.75) is 25.8 Å². The molecule has 0 aromatic heterocycles. The molecular weight excluding hydrogens is 255 g/mol. The van der Waals surface area contributed by atoms with E-state index in [1.807, 2.05) is 4.90 Å². The molecule has 1 fully saturated rings. The molecule has 0 spiro atoms. The van der Waals surface area contributed by atoms with Crippen molar-refractivity contribution in [1.29, 1.82) is 0 Å². The molecule has 1 heterocycles. The SMILES string of the molecule is CC(=O)N1CCC(Nc2ccc(F)c(Cl)c2)CC1. The van der Waals surface area contributed by atoms with Gasteiger partial charge in [0.05, 0.1) is 5.02 Å². The Morgan fingerprint density at radius 2 is 2.11 bits per heavy atom. The van der Waals surface area contributed by atoms with Crippen LogP contribution < -0.4 is 5.32 Å². The maximum Gasteiger partial charge on any atom is 0.219 e. The van der Waals surface area contributed by atoms with E-state index in [4.69, 9.17) is 11.6 Å². The van der Waals surface area contributed by atoms with Crippen LogP contribution in [-0.2, 0) is 4.79 Å². The van der Waals surface area contributed by atoms with E-state index >= 15 is 0 Å². The Balaban J connectivity index is 1.91. The minimum Gasteiger partial charge on any atom is -0.382 e. The van der Waals surface area contributed by atoms with Crippen LogP contribution in [0.3, 0.4) is 0 Å². The second kappa shape index (κ2) is 5.57. The molecule has 2 rings (SSSR count). The van der Waals surface area contributed by atoms with Crippen LogP contribution >= 0.6 is 11.6 Å². The van der Waals surface area contributed by atoms with Crippen LogP contribution in [0, 0.1) is 5.82 Å². The van der Waals surface area contributed by atoms with Gasteiger partial charge in [-0.1, -0.05) is 11.6 Å². The predicted molar refractivity (Wildman–Crippen MR) is 70.3 cm³/mol. The van der Waals surface area contributed by atoms with E-state index in [0.29, 0.717) is 6.04 Å². The lowest BCUT2D eigenvalue weighted by Gasteiger charge is -2.32. The van der Waals surface area contributed by atoms with Gasteiger partial charge >= 0.3 is 0 Å². The van der Waals surface area contributed by atoms with Gasteiger partial charge in [-0.05, 0) is 31.0 Å². The van der Waals surface area contributed by atoms with Gasteiger partial charge in [0, 0.05) is 31.7 Å². The molecule has 0 aliphatic carbocycles. The Bertz CT molecular complexity index is 445. The number of halogens is 2. The molecule has 18 heavy (non-hydrogen) atoms. The van der Waals surface area contributed by atoms with Crippen LogP contribution in [0.2, 0.25) is 5.02 Å². The maximum absolute atomic E-state index is 13.0. The lowest BCUT2D eigenvalue weighted by atomic mass is 10.0. The molecule has 5 heteroatoms. The summed E-state index contributed by atoms with van der Waals surface area (Å²) < 4.78 is 13.0. The molecule has 1 aliphatic rings. The zero-order valence-electron chi connectivity index (χ0n) is 10.2. The molecular formula is C13H16ClFN2O. The van der Waals surface area contributed by atoms with E-state index in [-0.39, 0.29) is 10.9 Å². The number of hydrogen-bond donors (Lipinski definition) is 1. The fraction of sp³-hybridized carbons (Fsp3) is 0.462. The molecule has 1 aliphatic heterocycles. The molecule has 1 aromatic rings. The fourth-order valence-electron chi connectivity index (χ4n) is 2.16. The Morgan fingerprint density at radius 1 is 1.44 bits per heavy atom. The van der Waals surface area contributed by atoms with Crippen molar-refractivity contribution >= 4 is 23.2 Å². The van der Waals surface area contributed by atoms with E-state index in [2.05, 4.69) is 5.32 Å². The third kappa shape index (κ3) is 3.13. The van der Waals surface area contributed by atoms with Gasteiger partial charge in [0.25, 0.3) is 0 Å². The minimum absolute atomic E-state index is 0.123. The maximum atomic E-state index is 13.0. The van der Waals surface area contributed by atoms with Crippen molar-refractivity contribution in [2.24, 2.45) is 0 Å². The zero-order chi connectivity index (χ0) is 13.1. The van der Waals surface area contributed by atoms with Crippen molar-refractivity contribution in [2.75, 3.05) is 18.4 Å². The molecule has 0 bridgehead atoms. The van der Waals surface area contributed by atoms with Gasteiger partial charge in [-0.2, -0.15) is 0 Å². The summed E-state index contributed by atoms with van der Waals surface area (Å²) in [4.78, 5) is 13.0. The number of rotatable bonds is 2. The zero-order valence-corrected chi connectivity index (χ0v) is 11.0. The average Bonchev–Trinajstić information content (AvgIpc) is 2.34. The number of carbonyl (C=O) groups is 1. The highest BCUT2D eigenvalue weighted by Gasteiger charge is 2.20. The molecule has 1 aromatic carbocycles. The van der Waals surface area contributed by atoms with Gasteiger partial charge < -0.3 is 10.2 Å². The van der Waals surface area contributed by atoms with Crippen LogP contribution in [0.15, 0.2) is 18.2 Å². The quantitative estimate of drug-likeness (QED) is 0.896. The van der Waals surface area contributed by atoms with Gasteiger partial charge in [0.15, 0.2) is 0 Å². The number of anilines is 1. The second-order valence-corrected chi connectivity index (χ2v) is 4.96. The number of nitrogens with zero attached hydrogens (tertiary/aromatic N) is 1. The number of amides is 1. The van der Waals surface area contributed by atoms with Gasteiger partial charge in [-0.3, -0.25) is 4.79 Å². The standard InChI is InChI=1S/C13H16ClFN2O/c1-9(18)17-6-4-10(5-7-17)16-11-2-3-13(15)12(14)8-11/h2-3,8,10,16H,4-7H2,1H3. The second-order valence-electron chi connectivity index (χ2n) is 4.55. The van der Waals surface area contributed by atoms with Crippen molar-refractivity contribution in [1.82, 2.24) is 4.90 Å². The predicted octanol–water partition coefficient (Wildman–Crippen LogP) is 2.90. The van der Waals surface area contributed by atoms with E-state index in [0.717, 1.165) is 31.6 Å². The van der Waals surface area contributed by atoms with Crippen LogP contribution in [0.25, 0.3) is 0 Å². The summed E-state index contributed by atoms with van der Waals surface area (Å²) in [5, 5.41) is 3.45. The van der Waals surface area contributed by atoms with Crippen molar-refractivity contribution in [3.05, 3.63) is 29.0 Å². The van der Waals surface area contributed by atoms with Gasteiger partial charge in [0.1, 0.15) is 5.82 Å². The Hall–Kier alpha value is -1.29. The normalized spacial score (nSPS) is 16.7. The number of carbonyl (C=O) groups excluding carboxylic acids is 1. The van der Waals surface area contributed by atoms with Crippen LogP contribution in [0.4, 0.5) is 10.1 Å². The van der Waals surface area contributed by atoms with Crippen molar-refractivity contribution in [3.63, 3.8) is 0 Å². The summed E-state index contributed by atoms with van der Waals surface area (Å²) in [6.45, 7) is 3.12. The van der Waals surface area contributed by atoms with Crippen LogP contribution in [0.5, 0.6) is 0 Å². The smallest absolute Gasteiger partial charge is 0.219 e. The number of nitrogens with one attached hydrogen (secondary N) is 1. The van der Waals surface area contributed by atoms with Crippen LogP contribution in [0.1, 0.15) is 19.8 Å². The first-order chi connectivity index (χ1) is 8.56. The fourth-order valence-corrected chi connectivity index (χ4v) is 2.34. The highest BCUT2D eigenvalue weighted by Crippen LogP contribution is 2.22. The van der Waals surface area contributed by atoms with Crippen LogP contribution in [-0.4, -0.2) is 29.9 Å². The van der Waals surface area contributed by atoms with E-state index in [1.54, 1.807) is 19.1 Å². The first kappa shape index (κ1) is 13.1. The molecule has 1 saturated heterocycles. The van der Waals surface area contributed by atoms with Gasteiger partial charge in [-0.15, -0.1) is 0 Å². The first-order valence-corrected chi connectivity index (χ1v) is 6.41. The van der Waals surface area contributed by atoms with E-state index < -0.39 is 5.82 Å². The number of hydrogen-bond acceptors (Lipinski definition) is 2. The molecule has 3 nitrogen and oxygen atoms in total. The summed E-state index contributed by atoms with van der Waals surface area (Å²) in [5.74, 6) is -0.285. The van der Waals surface area contributed by atoms with Gasteiger partial charge in [-0.25, -0.2) is 4.39 Å². The average molecular weight is 271 g/mol. The summed E-state index contributed by atoms with van der Waals surface area (Å²) in [6, 6.07) is 4.93. The molecule has 0 radical (unpaired) electrons. The van der Waals surface area contributed by atoms with Crippen molar-refractivity contribution < 1.29 is 9.18 Å². The number of likely N-dealkylation sites (tertiary alicyclic amines) is 1. The molecule has 1 amide bonds. The summed E-state index contributed by atoms with van der Waals surface area (Å²) in [5.41, 5.74) is 0.822. The Morgan fingerprint density at radius 3 is 2.67 bits per heavy atom. The molecule has 0 unspecified atom stereocenters. The lowest BCUT2D eigenvalue weighted by Crippen LogP contribution is -2.41. The molecule has 0 saturated carbocycles. The third-order valence-corrected chi connectivity index (χ3v) is 3.52. The highest BCUT2D eigenvalue weighted by atomic mass is 35.5. The lowest BCUT2D eigenvalue weighted by molar-refractivity contribution is -0.129. The molecule has 1 N–H and O–H groups in total. The van der Waals surface area contributed by atoms with Crippen molar-refractivity contribution in [3.8, 4) is 0 Å². The Labute approximate surface area is 111 Å². The monoisotopic (exact) mass is 270 g/mol. The highest BCUT2D eigenvalue weighted by molar-refractivity contribution is 6.31. The Kier molecular flexibility index (Phi) is 4.07. The minimum atomic E-state index is -0.409. The first-order valence-electron chi connectivity index (χ1n) is 6.03. The number of benzene rings is 1. The summed E-state index contributed by atoms with van der Waals surface area (Å²) >= 11 is 5.73. The summed E-state index contributed by atoms with van der Waals surface area (Å²) in [6.07, 6.45) is 1.79.